The highest BCUT2D eigenvalue weighted by atomic mass is 32.2. The van der Waals surface area contributed by atoms with Crippen molar-refractivity contribution in [2.75, 3.05) is 18.5 Å². The molecule has 2 aromatic carbocycles. The molecule has 2 rings (SSSR count). The van der Waals surface area contributed by atoms with E-state index in [4.69, 9.17) is 4.74 Å². The van der Waals surface area contributed by atoms with Crippen LogP contribution in [0.5, 0.6) is 0 Å². The van der Waals surface area contributed by atoms with Gasteiger partial charge in [-0.2, -0.15) is 0 Å². The molecule has 0 fully saturated rings. The van der Waals surface area contributed by atoms with Gasteiger partial charge in [0.1, 0.15) is 0 Å². The molecule has 0 aliphatic heterocycles. The molecule has 0 unspecified atom stereocenters. The molecule has 0 aliphatic rings. The number of hydrogen-bond acceptors (Lipinski definition) is 4. The van der Waals surface area contributed by atoms with Gasteiger partial charge in [-0.1, -0.05) is 48.5 Å². The first kappa shape index (κ1) is 20.8. The molecular formula is C20H24N2O4S. The van der Waals surface area contributed by atoms with Gasteiger partial charge in [0.25, 0.3) is 0 Å². The minimum Gasteiger partial charge on any atom is -0.377 e. The number of carbonyl (C=O) groups excluding carboxylic acids is 1. The second-order valence-corrected chi connectivity index (χ2v) is 7.40. The van der Waals surface area contributed by atoms with Crippen molar-refractivity contribution in [1.29, 1.82) is 0 Å². The Kier molecular flexibility index (Phi) is 8.19. The Hall–Kier alpha value is -2.48. The molecule has 6 nitrogen and oxygen atoms in total. The van der Waals surface area contributed by atoms with Gasteiger partial charge < -0.3 is 10.1 Å². The van der Waals surface area contributed by atoms with Crippen molar-refractivity contribution in [3.63, 3.8) is 0 Å². The van der Waals surface area contributed by atoms with Crippen LogP contribution in [0.25, 0.3) is 6.08 Å². The summed E-state index contributed by atoms with van der Waals surface area (Å²) < 4.78 is 31.7. The Labute approximate surface area is 160 Å². The fourth-order valence-electron chi connectivity index (χ4n) is 2.28. The van der Waals surface area contributed by atoms with Crippen molar-refractivity contribution >= 4 is 27.7 Å². The molecule has 27 heavy (non-hydrogen) atoms. The Bertz CT molecular complexity index is 865. The molecular weight excluding hydrogens is 364 g/mol. The lowest BCUT2D eigenvalue weighted by Crippen LogP contribution is -2.26. The lowest BCUT2D eigenvalue weighted by molar-refractivity contribution is -0.116. The van der Waals surface area contributed by atoms with Crippen LogP contribution in [-0.4, -0.2) is 27.5 Å². The number of amides is 1. The molecule has 1 amide bonds. The highest BCUT2D eigenvalue weighted by Crippen LogP contribution is 2.16. The fraction of sp³-hybridized carbons (Fsp3) is 0.250. The molecule has 0 heterocycles. The van der Waals surface area contributed by atoms with E-state index in [1.165, 1.54) is 6.08 Å². The predicted molar refractivity (Wildman–Crippen MR) is 107 cm³/mol. The van der Waals surface area contributed by atoms with E-state index < -0.39 is 10.0 Å². The van der Waals surface area contributed by atoms with Crippen molar-refractivity contribution in [3.05, 3.63) is 71.1 Å². The molecule has 0 aliphatic carbocycles. The molecule has 0 aromatic heterocycles. The lowest BCUT2D eigenvalue weighted by atomic mass is 10.2. The van der Waals surface area contributed by atoms with Gasteiger partial charge >= 0.3 is 0 Å². The monoisotopic (exact) mass is 388 g/mol. The molecule has 7 heteroatoms. The van der Waals surface area contributed by atoms with Crippen molar-refractivity contribution in [2.24, 2.45) is 0 Å². The first-order valence-corrected chi connectivity index (χ1v) is 10.2. The van der Waals surface area contributed by atoms with Crippen molar-refractivity contribution in [3.8, 4) is 0 Å². The van der Waals surface area contributed by atoms with Crippen molar-refractivity contribution < 1.29 is 17.9 Å². The number of anilines is 1. The SMILES string of the molecule is CCOCc1ccccc1NC(=O)CCNS(=O)(=O)/C=C/c1ccccc1. The molecule has 2 N–H and O–H groups in total. The van der Waals surface area contributed by atoms with Gasteiger partial charge in [-0.3, -0.25) is 4.79 Å². The molecule has 0 saturated carbocycles. The Morgan fingerprint density at radius 1 is 1.07 bits per heavy atom. The number of nitrogens with one attached hydrogen (secondary N) is 2. The number of ether oxygens (including phenoxy) is 1. The van der Waals surface area contributed by atoms with E-state index >= 15 is 0 Å². The summed E-state index contributed by atoms with van der Waals surface area (Å²) >= 11 is 0. The normalized spacial score (nSPS) is 11.6. The summed E-state index contributed by atoms with van der Waals surface area (Å²) in [5, 5.41) is 3.89. The second-order valence-electron chi connectivity index (χ2n) is 5.75. The van der Waals surface area contributed by atoms with Gasteiger partial charge in [-0.15, -0.1) is 0 Å². The molecule has 0 radical (unpaired) electrons. The minimum absolute atomic E-state index is 0.0148. The maximum absolute atomic E-state index is 12.1. The highest BCUT2D eigenvalue weighted by Gasteiger charge is 2.09. The first-order chi connectivity index (χ1) is 13.0. The zero-order valence-electron chi connectivity index (χ0n) is 15.2. The fourth-order valence-corrected chi connectivity index (χ4v) is 3.10. The average molecular weight is 388 g/mol. The van der Waals surface area contributed by atoms with Crippen LogP contribution in [0.1, 0.15) is 24.5 Å². The third-order valence-electron chi connectivity index (χ3n) is 3.65. The van der Waals surface area contributed by atoms with Crippen LogP contribution >= 0.6 is 0 Å². The lowest BCUT2D eigenvalue weighted by Gasteiger charge is -2.11. The van der Waals surface area contributed by atoms with Crippen LogP contribution in [0.3, 0.4) is 0 Å². The minimum atomic E-state index is -3.60. The second kappa shape index (κ2) is 10.6. The summed E-state index contributed by atoms with van der Waals surface area (Å²) in [6.07, 6.45) is 1.54. The van der Waals surface area contributed by atoms with Gasteiger partial charge in [0.05, 0.1) is 6.61 Å². The zero-order chi connectivity index (χ0) is 19.5. The van der Waals surface area contributed by atoms with Crippen LogP contribution in [0.15, 0.2) is 60.0 Å². The van der Waals surface area contributed by atoms with Gasteiger partial charge in [0.15, 0.2) is 0 Å². The molecule has 144 valence electrons. The van der Waals surface area contributed by atoms with Crippen molar-refractivity contribution in [2.45, 2.75) is 20.0 Å². The molecule has 2 aromatic rings. The smallest absolute Gasteiger partial charge is 0.233 e. The van der Waals surface area contributed by atoms with E-state index in [9.17, 15) is 13.2 Å². The van der Waals surface area contributed by atoms with Crippen LogP contribution in [-0.2, 0) is 26.2 Å². The topological polar surface area (TPSA) is 84.5 Å². The van der Waals surface area contributed by atoms with E-state index in [0.29, 0.717) is 18.9 Å². The summed E-state index contributed by atoms with van der Waals surface area (Å²) in [4.78, 5) is 12.1. The first-order valence-electron chi connectivity index (χ1n) is 8.68. The van der Waals surface area contributed by atoms with Gasteiger partial charge in [-0.05, 0) is 24.6 Å². The maximum Gasteiger partial charge on any atom is 0.233 e. The van der Waals surface area contributed by atoms with Gasteiger partial charge in [-0.25, -0.2) is 13.1 Å². The third kappa shape index (κ3) is 7.74. The van der Waals surface area contributed by atoms with E-state index in [-0.39, 0.29) is 18.9 Å². The van der Waals surface area contributed by atoms with E-state index in [1.807, 2.05) is 43.3 Å². The Morgan fingerprint density at radius 3 is 2.52 bits per heavy atom. The van der Waals surface area contributed by atoms with Crippen molar-refractivity contribution in [1.82, 2.24) is 4.72 Å². The largest absolute Gasteiger partial charge is 0.377 e. The maximum atomic E-state index is 12.1. The highest BCUT2D eigenvalue weighted by molar-refractivity contribution is 7.92. The van der Waals surface area contributed by atoms with E-state index in [1.54, 1.807) is 18.2 Å². The average Bonchev–Trinajstić information content (AvgIpc) is 2.66. The number of sulfonamides is 1. The van der Waals surface area contributed by atoms with Gasteiger partial charge in [0.2, 0.25) is 15.9 Å². The van der Waals surface area contributed by atoms with E-state index in [2.05, 4.69) is 10.0 Å². The van der Waals surface area contributed by atoms with Crippen LogP contribution < -0.4 is 10.0 Å². The summed E-state index contributed by atoms with van der Waals surface area (Å²) in [6.45, 7) is 2.91. The van der Waals surface area contributed by atoms with Crippen LogP contribution in [0, 0.1) is 0 Å². The number of rotatable bonds is 10. The quantitative estimate of drug-likeness (QED) is 0.655. The standard InChI is InChI=1S/C20H24N2O4S/c1-2-26-16-18-10-6-7-11-19(18)22-20(23)12-14-21-27(24,25)15-13-17-8-4-3-5-9-17/h3-11,13,15,21H,2,12,14,16H2,1H3,(H,22,23)/b15-13+. The third-order valence-corrected chi connectivity index (χ3v) is 4.75. The van der Waals surface area contributed by atoms with Gasteiger partial charge in [0, 0.05) is 36.2 Å². The number of para-hydroxylation sites is 1. The van der Waals surface area contributed by atoms with Crippen LogP contribution in [0.2, 0.25) is 0 Å². The summed E-state index contributed by atoms with van der Waals surface area (Å²) in [7, 11) is -3.60. The molecule has 0 atom stereocenters. The summed E-state index contributed by atoms with van der Waals surface area (Å²) in [5.74, 6) is -0.270. The van der Waals surface area contributed by atoms with E-state index in [0.717, 1.165) is 16.5 Å². The Morgan fingerprint density at radius 2 is 1.78 bits per heavy atom. The molecule has 0 spiro atoms. The predicted octanol–water partition coefficient (Wildman–Crippen LogP) is 3.14. The summed E-state index contributed by atoms with van der Waals surface area (Å²) in [6, 6.07) is 16.5. The summed E-state index contributed by atoms with van der Waals surface area (Å²) in [5.41, 5.74) is 2.33. The number of benzene rings is 2. The Balaban J connectivity index is 1.83. The molecule has 0 bridgehead atoms. The molecule has 0 saturated heterocycles. The van der Waals surface area contributed by atoms with Crippen LogP contribution in [0.4, 0.5) is 5.69 Å². The zero-order valence-corrected chi connectivity index (χ0v) is 16.0. The number of carbonyl (C=O) groups is 1. The number of hydrogen-bond donors (Lipinski definition) is 2.